The van der Waals surface area contributed by atoms with E-state index in [-0.39, 0.29) is 6.54 Å². The van der Waals surface area contributed by atoms with Gasteiger partial charge in [-0.2, -0.15) is 0 Å². The number of rotatable bonds is 12. The Morgan fingerprint density at radius 2 is 1.77 bits per heavy atom. The van der Waals surface area contributed by atoms with Crippen molar-refractivity contribution in [3.8, 4) is 0 Å². The van der Waals surface area contributed by atoms with Crippen molar-refractivity contribution in [3.63, 3.8) is 0 Å². The van der Waals surface area contributed by atoms with E-state index in [0.29, 0.717) is 5.69 Å². The molecule has 0 aliphatic rings. The molecule has 5 heteroatoms. The van der Waals surface area contributed by atoms with Gasteiger partial charge in [0.05, 0.1) is 11.8 Å². The average Bonchev–Trinajstić information content (AvgIpc) is 2.84. The molecule has 0 radical (unpaired) electrons. The van der Waals surface area contributed by atoms with Crippen LogP contribution in [0.5, 0.6) is 0 Å². The second-order valence-electron chi connectivity index (χ2n) is 6.00. The van der Waals surface area contributed by atoms with Crippen molar-refractivity contribution in [2.45, 2.75) is 84.3 Å². The molecule has 0 aromatic carbocycles. The van der Waals surface area contributed by atoms with Crippen molar-refractivity contribution < 1.29 is 15.0 Å². The van der Waals surface area contributed by atoms with Crippen molar-refractivity contribution in [1.82, 2.24) is 9.55 Å². The Balaban J connectivity index is 2.35. The zero-order valence-corrected chi connectivity index (χ0v) is 13.9. The van der Waals surface area contributed by atoms with Crippen molar-refractivity contribution in [2.75, 3.05) is 0 Å². The number of nitrogens with zero attached hydrogens (tertiary/aromatic N) is 2. The average molecular weight is 310 g/mol. The van der Waals surface area contributed by atoms with Crippen LogP contribution < -0.4 is 0 Å². The first-order chi connectivity index (χ1) is 10.5. The molecular weight excluding hydrogens is 280 g/mol. The smallest absolute Gasteiger partial charge is 0.323 e. The van der Waals surface area contributed by atoms with Crippen molar-refractivity contribution in [1.29, 1.82) is 0 Å². The maximum Gasteiger partial charge on any atom is 0.323 e. The number of aliphatic hydroxyl groups excluding tert-OH is 1. The molecule has 0 spiro atoms. The highest BCUT2D eigenvalue weighted by molar-refractivity contribution is 5.66. The van der Waals surface area contributed by atoms with Gasteiger partial charge in [0.15, 0.2) is 0 Å². The molecule has 2 N–H and O–H groups in total. The first kappa shape index (κ1) is 18.7. The summed E-state index contributed by atoms with van der Waals surface area (Å²) in [6.45, 7) is 3.78. The largest absolute Gasteiger partial charge is 0.480 e. The van der Waals surface area contributed by atoms with Crippen LogP contribution in [0.25, 0.3) is 0 Å². The molecule has 0 saturated carbocycles. The Bertz CT molecular complexity index is 441. The SMILES string of the molecule is CCCCCCCCCCc1nc(C(C)O)cn1CC(=O)O. The van der Waals surface area contributed by atoms with Crippen LogP contribution in [-0.4, -0.2) is 25.7 Å². The summed E-state index contributed by atoms with van der Waals surface area (Å²) in [5.41, 5.74) is 0.552. The van der Waals surface area contributed by atoms with Crippen LogP contribution in [0, 0.1) is 0 Å². The first-order valence-electron chi connectivity index (χ1n) is 8.50. The van der Waals surface area contributed by atoms with E-state index < -0.39 is 12.1 Å². The van der Waals surface area contributed by atoms with E-state index in [2.05, 4.69) is 11.9 Å². The van der Waals surface area contributed by atoms with E-state index in [1.54, 1.807) is 17.7 Å². The van der Waals surface area contributed by atoms with Gasteiger partial charge in [-0.3, -0.25) is 4.79 Å². The van der Waals surface area contributed by atoms with Crippen LogP contribution in [0.1, 0.15) is 82.8 Å². The summed E-state index contributed by atoms with van der Waals surface area (Å²) in [6, 6.07) is 0. The third kappa shape index (κ3) is 7.07. The summed E-state index contributed by atoms with van der Waals surface area (Å²) in [4.78, 5) is 15.3. The Morgan fingerprint density at radius 3 is 2.32 bits per heavy atom. The summed E-state index contributed by atoms with van der Waals surface area (Å²) in [7, 11) is 0. The summed E-state index contributed by atoms with van der Waals surface area (Å²) in [6.07, 6.45) is 11.7. The molecule has 0 amide bonds. The Morgan fingerprint density at radius 1 is 1.18 bits per heavy atom. The van der Waals surface area contributed by atoms with Crippen LogP contribution in [0.4, 0.5) is 0 Å². The van der Waals surface area contributed by atoms with Gasteiger partial charge in [-0.1, -0.05) is 51.9 Å². The number of hydrogen-bond donors (Lipinski definition) is 2. The fourth-order valence-corrected chi connectivity index (χ4v) is 2.58. The van der Waals surface area contributed by atoms with Crippen molar-refractivity contribution >= 4 is 5.97 Å². The Kier molecular flexibility index (Phi) is 8.82. The van der Waals surface area contributed by atoms with Gasteiger partial charge in [-0.25, -0.2) is 4.98 Å². The second kappa shape index (κ2) is 10.4. The van der Waals surface area contributed by atoms with Crippen LogP contribution >= 0.6 is 0 Å². The van der Waals surface area contributed by atoms with E-state index >= 15 is 0 Å². The highest BCUT2D eigenvalue weighted by atomic mass is 16.4. The zero-order chi connectivity index (χ0) is 16.4. The van der Waals surface area contributed by atoms with E-state index in [1.807, 2.05) is 0 Å². The minimum absolute atomic E-state index is 0.0912. The van der Waals surface area contributed by atoms with Crippen molar-refractivity contribution in [2.24, 2.45) is 0 Å². The summed E-state index contributed by atoms with van der Waals surface area (Å²) in [5.74, 6) is -0.115. The van der Waals surface area contributed by atoms with Crippen molar-refractivity contribution in [3.05, 3.63) is 17.7 Å². The molecule has 1 aromatic rings. The van der Waals surface area contributed by atoms with Gasteiger partial charge < -0.3 is 14.8 Å². The third-order valence-electron chi connectivity index (χ3n) is 3.87. The molecule has 1 aromatic heterocycles. The minimum Gasteiger partial charge on any atom is -0.480 e. The number of aryl methyl sites for hydroxylation is 1. The minimum atomic E-state index is -0.883. The number of imidazole rings is 1. The molecular formula is C17H30N2O3. The molecule has 0 fully saturated rings. The summed E-state index contributed by atoms with van der Waals surface area (Å²) in [5, 5.41) is 18.5. The lowest BCUT2D eigenvalue weighted by Crippen LogP contribution is -2.11. The van der Waals surface area contributed by atoms with Gasteiger partial charge >= 0.3 is 5.97 Å². The molecule has 1 atom stereocenters. The van der Waals surface area contributed by atoms with Crippen LogP contribution in [-0.2, 0) is 17.8 Å². The predicted molar refractivity (Wildman–Crippen MR) is 86.8 cm³/mol. The highest BCUT2D eigenvalue weighted by Crippen LogP contribution is 2.15. The number of carboxylic acid groups (broad SMARTS) is 1. The van der Waals surface area contributed by atoms with Gasteiger partial charge in [0.25, 0.3) is 0 Å². The lowest BCUT2D eigenvalue weighted by molar-refractivity contribution is -0.137. The quantitative estimate of drug-likeness (QED) is 0.577. The summed E-state index contributed by atoms with van der Waals surface area (Å²) >= 11 is 0. The van der Waals surface area contributed by atoms with Crippen LogP contribution in [0.15, 0.2) is 6.20 Å². The Hall–Kier alpha value is -1.36. The first-order valence-corrected chi connectivity index (χ1v) is 8.50. The van der Waals surface area contributed by atoms with Gasteiger partial charge in [-0.05, 0) is 13.3 Å². The predicted octanol–water partition coefficient (Wildman–Crippen LogP) is 3.70. The number of carboxylic acids is 1. The van der Waals surface area contributed by atoms with Gasteiger partial charge in [0.1, 0.15) is 12.4 Å². The van der Waals surface area contributed by atoms with Gasteiger partial charge in [-0.15, -0.1) is 0 Å². The maximum absolute atomic E-state index is 10.9. The lowest BCUT2D eigenvalue weighted by Gasteiger charge is -2.05. The van der Waals surface area contributed by atoms with E-state index in [9.17, 15) is 9.90 Å². The zero-order valence-electron chi connectivity index (χ0n) is 13.9. The number of aliphatic carboxylic acids is 1. The molecule has 22 heavy (non-hydrogen) atoms. The maximum atomic E-state index is 10.9. The molecule has 5 nitrogen and oxygen atoms in total. The van der Waals surface area contributed by atoms with Gasteiger partial charge in [0, 0.05) is 12.6 Å². The molecule has 1 unspecified atom stereocenters. The number of aliphatic hydroxyl groups is 1. The molecule has 0 bridgehead atoms. The highest BCUT2D eigenvalue weighted by Gasteiger charge is 2.13. The van der Waals surface area contributed by atoms with Crippen LogP contribution in [0.3, 0.4) is 0 Å². The molecule has 0 aliphatic carbocycles. The number of aromatic nitrogens is 2. The molecule has 1 rings (SSSR count). The molecule has 1 heterocycles. The summed E-state index contributed by atoms with van der Waals surface area (Å²) < 4.78 is 1.64. The molecule has 126 valence electrons. The van der Waals surface area contributed by atoms with E-state index in [1.165, 1.54) is 38.5 Å². The number of carbonyl (C=O) groups is 1. The standard InChI is InChI=1S/C17H30N2O3/c1-3-4-5-6-7-8-9-10-11-16-18-15(14(2)20)12-19(16)13-17(21)22/h12,14,20H,3-11,13H2,1-2H3,(H,21,22). The third-order valence-corrected chi connectivity index (χ3v) is 3.87. The van der Waals surface area contributed by atoms with Gasteiger partial charge in [0.2, 0.25) is 0 Å². The fraction of sp³-hybridized carbons (Fsp3) is 0.765. The van der Waals surface area contributed by atoms with E-state index in [0.717, 1.165) is 25.1 Å². The second-order valence-corrected chi connectivity index (χ2v) is 6.00. The normalized spacial score (nSPS) is 12.5. The van der Waals surface area contributed by atoms with Crippen LogP contribution in [0.2, 0.25) is 0 Å². The monoisotopic (exact) mass is 310 g/mol. The Labute approximate surface area is 133 Å². The molecule has 0 saturated heterocycles. The topological polar surface area (TPSA) is 75.4 Å². The lowest BCUT2D eigenvalue weighted by atomic mass is 10.1. The number of unbranched alkanes of at least 4 members (excludes halogenated alkanes) is 7. The number of hydrogen-bond acceptors (Lipinski definition) is 3. The van der Waals surface area contributed by atoms with E-state index in [4.69, 9.17) is 5.11 Å². The fourth-order valence-electron chi connectivity index (χ4n) is 2.58. The molecule has 0 aliphatic heterocycles.